The smallest absolute Gasteiger partial charge is 0.254 e. The van der Waals surface area contributed by atoms with Crippen molar-refractivity contribution in [3.63, 3.8) is 0 Å². The standard InChI is InChI=1S/C20H20FNO3/c1-25-17-7-3-14(4-8-17)15-5-9-18(19(21)11-15)20(24)22-16-6-2-13(10-16)12-23/h2-9,11,13,16,23H,10,12H2,1H3,(H,22,24)/t13-,16+/m0/s1. The predicted octanol–water partition coefficient (Wildman–Crippen LogP) is 3.17. The van der Waals surface area contributed by atoms with E-state index in [0.717, 1.165) is 11.3 Å². The summed E-state index contributed by atoms with van der Waals surface area (Å²) in [6, 6.07) is 11.7. The summed E-state index contributed by atoms with van der Waals surface area (Å²) in [5.74, 6) is -0.239. The van der Waals surface area contributed by atoms with Crippen molar-refractivity contribution in [3.05, 3.63) is 66.0 Å². The molecule has 0 bridgehead atoms. The zero-order valence-electron chi connectivity index (χ0n) is 13.9. The molecule has 2 aromatic carbocycles. The molecule has 0 aliphatic heterocycles. The second-order valence-electron chi connectivity index (χ2n) is 6.07. The first kappa shape index (κ1) is 17.2. The molecule has 3 rings (SSSR count). The molecule has 1 aliphatic rings. The highest BCUT2D eigenvalue weighted by atomic mass is 19.1. The SMILES string of the molecule is COc1ccc(-c2ccc(C(=O)N[C@@H]3C=C[C@H](CO)C3)c(F)c2)cc1. The van der Waals surface area contributed by atoms with Crippen molar-refractivity contribution in [2.24, 2.45) is 5.92 Å². The number of nitrogens with one attached hydrogen (secondary N) is 1. The third-order valence-electron chi connectivity index (χ3n) is 4.36. The Hall–Kier alpha value is -2.66. The maximum Gasteiger partial charge on any atom is 0.254 e. The number of ether oxygens (including phenoxy) is 1. The van der Waals surface area contributed by atoms with E-state index in [1.54, 1.807) is 25.3 Å². The van der Waals surface area contributed by atoms with Crippen molar-refractivity contribution in [2.45, 2.75) is 12.5 Å². The van der Waals surface area contributed by atoms with Gasteiger partial charge in [0.25, 0.3) is 5.91 Å². The first-order valence-corrected chi connectivity index (χ1v) is 8.14. The van der Waals surface area contributed by atoms with Crippen LogP contribution in [0.4, 0.5) is 4.39 Å². The van der Waals surface area contributed by atoms with Gasteiger partial charge in [0.15, 0.2) is 0 Å². The molecule has 2 N–H and O–H groups in total. The van der Waals surface area contributed by atoms with Crippen LogP contribution in [0.1, 0.15) is 16.8 Å². The lowest BCUT2D eigenvalue weighted by Crippen LogP contribution is -2.33. The minimum Gasteiger partial charge on any atom is -0.497 e. The summed E-state index contributed by atoms with van der Waals surface area (Å²) in [4.78, 5) is 12.3. The van der Waals surface area contributed by atoms with Gasteiger partial charge in [-0.2, -0.15) is 0 Å². The molecule has 130 valence electrons. The third kappa shape index (κ3) is 3.88. The van der Waals surface area contributed by atoms with Crippen LogP contribution in [0, 0.1) is 11.7 Å². The van der Waals surface area contributed by atoms with Crippen LogP contribution < -0.4 is 10.1 Å². The summed E-state index contributed by atoms with van der Waals surface area (Å²) in [6.45, 7) is 0.0494. The fraction of sp³-hybridized carbons (Fsp3) is 0.250. The number of benzene rings is 2. The van der Waals surface area contributed by atoms with Crippen molar-refractivity contribution in [3.8, 4) is 16.9 Å². The maximum absolute atomic E-state index is 14.4. The molecule has 0 heterocycles. The van der Waals surface area contributed by atoms with Gasteiger partial charge in [0, 0.05) is 18.6 Å². The van der Waals surface area contributed by atoms with Crippen LogP contribution in [0.3, 0.4) is 0 Å². The average molecular weight is 341 g/mol. The maximum atomic E-state index is 14.4. The van der Waals surface area contributed by atoms with E-state index in [4.69, 9.17) is 9.84 Å². The van der Waals surface area contributed by atoms with Crippen molar-refractivity contribution in [1.29, 1.82) is 0 Å². The number of methoxy groups -OCH3 is 1. The number of aliphatic hydroxyl groups excluding tert-OH is 1. The zero-order valence-corrected chi connectivity index (χ0v) is 13.9. The van der Waals surface area contributed by atoms with Gasteiger partial charge in [0.1, 0.15) is 11.6 Å². The van der Waals surface area contributed by atoms with Gasteiger partial charge in [-0.25, -0.2) is 4.39 Å². The van der Waals surface area contributed by atoms with E-state index in [9.17, 15) is 9.18 Å². The molecular formula is C20H20FNO3. The second-order valence-corrected chi connectivity index (χ2v) is 6.07. The third-order valence-corrected chi connectivity index (χ3v) is 4.36. The molecule has 0 fully saturated rings. The van der Waals surface area contributed by atoms with Gasteiger partial charge in [-0.3, -0.25) is 4.79 Å². The Kier molecular flexibility index (Phi) is 5.14. The summed E-state index contributed by atoms with van der Waals surface area (Å²) in [5, 5.41) is 11.9. The Morgan fingerprint density at radius 3 is 2.52 bits per heavy atom. The predicted molar refractivity (Wildman–Crippen MR) is 94.0 cm³/mol. The lowest BCUT2D eigenvalue weighted by Gasteiger charge is -2.13. The van der Waals surface area contributed by atoms with E-state index in [1.807, 2.05) is 24.3 Å². The van der Waals surface area contributed by atoms with Crippen molar-refractivity contribution in [2.75, 3.05) is 13.7 Å². The monoisotopic (exact) mass is 341 g/mol. The number of hydrogen-bond donors (Lipinski definition) is 2. The summed E-state index contributed by atoms with van der Waals surface area (Å²) < 4.78 is 19.5. The molecule has 2 atom stereocenters. The molecule has 0 radical (unpaired) electrons. The topological polar surface area (TPSA) is 58.6 Å². The minimum atomic E-state index is -0.563. The van der Waals surface area contributed by atoms with E-state index in [1.165, 1.54) is 12.1 Å². The van der Waals surface area contributed by atoms with Crippen LogP contribution in [0.5, 0.6) is 5.75 Å². The molecule has 4 nitrogen and oxygen atoms in total. The van der Waals surface area contributed by atoms with Crippen LogP contribution >= 0.6 is 0 Å². The number of amides is 1. The van der Waals surface area contributed by atoms with Crippen LogP contribution in [0.2, 0.25) is 0 Å². The Morgan fingerprint density at radius 1 is 1.20 bits per heavy atom. The highest BCUT2D eigenvalue weighted by molar-refractivity contribution is 5.95. The van der Waals surface area contributed by atoms with Gasteiger partial charge in [-0.1, -0.05) is 30.4 Å². The highest BCUT2D eigenvalue weighted by Crippen LogP contribution is 2.25. The van der Waals surface area contributed by atoms with Crippen LogP contribution in [-0.2, 0) is 0 Å². The largest absolute Gasteiger partial charge is 0.497 e. The Labute approximate surface area is 145 Å². The molecule has 0 unspecified atom stereocenters. The summed E-state index contributed by atoms with van der Waals surface area (Å²) in [7, 11) is 1.59. The molecule has 1 amide bonds. The summed E-state index contributed by atoms with van der Waals surface area (Å²) in [5.41, 5.74) is 1.55. The second kappa shape index (κ2) is 7.49. The first-order valence-electron chi connectivity index (χ1n) is 8.14. The number of hydrogen-bond acceptors (Lipinski definition) is 3. The lowest BCUT2D eigenvalue weighted by atomic mass is 10.0. The first-order chi connectivity index (χ1) is 12.1. The number of carbonyl (C=O) groups excluding carboxylic acids is 1. The van der Waals surface area contributed by atoms with Crippen molar-refractivity contribution < 1.29 is 19.0 Å². The quantitative estimate of drug-likeness (QED) is 0.821. The van der Waals surface area contributed by atoms with Gasteiger partial charge < -0.3 is 15.2 Å². The molecule has 0 saturated carbocycles. The summed E-state index contributed by atoms with van der Waals surface area (Å²) >= 11 is 0. The van der Waals surface area contributed by atoms with E-state index in [2.05, 4.69) is 5.32 Å². The number of halogens is 1. The van der Waals surface area contributed by atoms with Crippen LogP contribution in [0.15, 0.2) is 54.6 Å². The minimum absolute atomic E-state index is 0.0121. The van der Waals surface area contributed by atoms with Crippen LogP contribution in [0.25, 0.3) is 11.1 Å². The number of aliphatic hydroxyl groups is 1. The summed E-state index contributed by atoms with van der Waals surface area (Å²) in [6.07, 6.45) is 4.34. The van der Waals surface area contributed by atoms with Crippen molar-refractivity contribution >= 4 is 5.91 Å². The van der Waals surface area contributed by atoms with Gasteiger partial charge in [-0.05, 0) is 41.8 Å². The molecule has 2 aromatic rings. The van der Waals surface area contributed by atoms with E-state index >= 15 is 0 Å². The average Bonchev–Trinajstić information content (AvgIpc) is 3.09. The molecule has 5 heteroatoms. The lowest BCUT2D eigenvalue weighted by molar-refractivity contribution is 0.0937. The fourth-order valence-corrected chi connectivity index (χ4v) is 2.93. The molecule has 1 aliphatic carbocycles. The Morgan fingerprint density at radius 2 is 1.92 bits per heavy atom. The van der Waals surface area contributed by atoms with Crippen LogP contribution in [-0.4, -0.2) is 30.8 Å². The van der Waals surface area contributed by atoms with Gasteiger partial charge in [-0.15, -0.1) is 0 Å². The van der Waals surface area contributed by atoms with Gasteiger partial charge in [0.05, 0.1) is 12.7 Å². The van der Waals surface area contributed by atoms with E-state index in [-0.39, 0.29) is 24.1 Å². The zero-order chi connectivity index (χ0) is 17.8. The van der Waals surface area contributed by atoms with Gasteiger partial charge in [0.2, 0.25) is 0 Å². The highest BCUT2D eigenvalue weighted by Gasteiger charge is 2.21. The van der Waals surface area contributed by atoms with Gasteiger partial charge >= 0.3 is 0 Å². The van der Waals surface area contributed by atoms with E-state index < -0.39 is 11.7 Å². The van der Waals surface area contributed by atoms with Crippen molar-refractivity contribution in [1.82, 2.24) is 5.32 Å². The van der Waals surface area contributed by atoms with E-state index in [0.29, 0.717) is 12.0 Å². The number of rotatable bonds is 5. The Balaban J connectivity index is 1.73. The fourth-order valence-electron chi connectivity index (χ4n) is 2.93. The molecular weight excluding hydrogens is 321 g/mol. The molecule has 25 heavy (non-hydrogen) atoms. The molecule has 0 aromatic heterocycles. The molecule has 0 saturated heterocycles. The number of carbonyl (C=O) groups is 1. The molecule has 0 spiro atoms. The Bertz CT molecular complexity index is 786. The normalized spacial score (nSPS) is 19.0.